The van der Waals surface area contributed by atoms with Crippen LogP contribution in [-0.4, -0.2) is 71.7 Å². The number of anilines is 1. The predicted octanol–water partition coefficient (Wildman–Crippen LogP) is 7.91. The quantitative estimate of drug-likeness (QED) is 0.158. The van der Waals surface area contributed by atoms with E-state index in [-0.39, 0.29) is 35.7 Å². The number of ether oxygens (including phenoxy) is 2. The highest BCUT2D eigenvalue weighted by atomic mass is 16.5. The van der Waals surface area contributed by atoms with Crippen molar-refractivity contribution in [3.63, 3.8) is 0 Å². The maximum atomic E-state index is 11.6. The van der Waals surface area contributed by atoms with Crippen LogP contribution in [0.15, 0.2) is 122 Å². The van der Waals surface area contributed by atoms with E-state index in [2.05, 4.69) is 18.5 Å². The Morgan fingerprint density at radius 2 is 1.06 bits per heavy atom. The van der Waals surface area contributed by atoms with E-state index in [4.69, 9.17) is 9.47 Å². The van der Waals surface area contributed by atoms with Gasteiger partial charge in [0, 0.05) is 76.5 Å². The van der Waals surface area contributed by atoms with Crippen LogP contribution in [0.1, 0.15) is 45.1 Å². The van der Waals surface area contributed by atoms with E-state index in [0.717, 1.165) is 70.7 Å². The van der Waals surface area contributed by atoms with Gasteiger partial charge in [-0.05, 0) is 71.7 Å². The van der Waals surface area contributed by atoms with Gasteiger partial charge in [-0.3, -0.25) is 19.2 Å². The number of ketones is 1. The van der Waals surface area contributed by atoms with Gasteiger partial charge in [0.25, 0.3) is 0 Å². The number of carbonyl (C=O) groups is 4. The zero-order valence-electron chi connectivity index (χ0n) is 31.2. The van der Waals surface area contributed by atoms with Crippen LogP contribution in [0, 0.1) is 0 Å². The van der Waals surface area contributed by atoms with Crippen molar-refractivity contribution >= 4 is 29.2 Å². The Balaban J connectivity index is 0.000000208. The normalized spacial score (nSPS) is 14.6. The van der Waals surface area contributed by atoms with Crippen LogP contribution in [-0.2, 0) is 25.6 Å². The van der Waals surface area contributed by atoms with Crippen molar-refractivity contribution in [1.29, 1.82) is 0 Å². The molecule has 2 aliphatic heterocycles. The molecule has 0 saturated carbocycles. The molecule has 0 aromatic heterocycles. The topological polar surface area (TPSA) is 105 Å². The van der Waals surface area contributed by atoms with E-state index in [1.165, 1.54) is 19.1 Å². The van der Waals surface area contributed by atoms with E-state index in [0.29, 0.717) is 32.6 Å². The van der Waals surface area contributed by atoms with Crippen LogP contribution >= 0.6 is 0 Å². The second-order valence-electron chi connectivity index (χ2n) is 13.5. The van der Waals surface area contributed by atoms with Crippen LogP contribution < -0.4 is 14.8 Å². The number of carbonyl (C=O) groups excluding carboxylic acids is 4. The molecule has 0 unspecified atom stereocenters. The lowest BCUT2D eigenvalue weighted by Crippen LogP contribution is -2.41. The molecule has 0 aliphatic carbocycles. The van der Waals surface area contributed by atoms with E-state index in [9.17, 15) is 19.2 Å². The fourth-order valence-corrected chi connectivity index (χ4v) is 6.61. The Morgan fingerprint density at radius 1 is 0.630 bits per heavy atom. The van der Waals surface area contributed by atoms with Gasteiger partial charge in [0.1, 0.15) is 29.5 Å². The molecule has 2 fully saturated rings. The third-order valence-corrected chi connectivity index (χ3v) is 9.46. The summed E-state index contributed by atoms with van der Waals surface area (Å²) < 4.78 is 12.1. The molecule has 4 aromatic carbocycles. The van der Waals surface area contributed by atoms with Crippen molar-refractivity contribution < 1.29 is 28.7 Å². The van der Waals surface area contributed by atoms with Crippen LogP contribution in [0.25, 0.3) is 22.3 Å². The van der Waals surface area contributed by atoms with E-state index < -0.39 is 0 Å². The summed E-state index contributed by atoms with van der Waals surface area (Å²) in [6.07, 6.45) is 6.74. The predicted molar refractivity (Wildman–Crippen MR) is 213 cm³/mol. The second kappa shape index (κ2) is 19.2. The maximum Gasteiger partial charge on any atom is 0.245 e. The molecule has 0 atom stereocenters. The SMILES string of the molecule is C=CC(=O)N1CCC(Oc2ccc(-c3ccc(CC(C)=O)cc3)cc2)CC1.C=CC(=O)N1CCC(Oc2ccc(-c3ccccc3NC(C)=O)cc2)CC1. The lowest BCUT2D eigenvalue weighted by atomic mass is 10.0. The number of para-hydroxylation sites is 1. The standard InChI is InChI=1S/C23H25NO3.C22H24N2O3/c1-3-23(26)24-14-12-22(13-15-24)27-21-10-8-20(9-11-21)19-6-4-18(5-7-19)16-17(2)25;1-3-22(26)24-14-12-19(13-15-24)27-18-10-8-17(9-11-18)20-6-4-5-7-21(20)23-16(2)25/h3-11,22H,1,12-16H2,2H3;3-11,19H,1,12-15H2,2H3,(H,23,25). The number of hydrogen-bond donors (Lipinski definition) is 1. The smallest absolute Gasteiger partial charge is 0.245 e. The number of amides is 3. The third-order valence-electron chi connectivity index (χ3n) is 9.46. The minimum absolute atomic E-state index is 0.00729. The minimum atomic E-state index is -0.0938. The first-order valence-corrected chi connectivity index (χ1v) is 18.4. The number of rotatable bonds is 11. The highest BCUT2D eigenvalue weighted by Gasteiger charge is 2.24. The number of benzene rings is 4. The summed E-state index contributed by atoms with van der Waals surface area (Å²) in [5.74, 6) is 1.71. The molecule has 2 saturated heterocycles. The first-order chi connectivity index (χ1) is 26.1. The highest BCUT2D eigenvalue weighted by Crippen LogP contribution is 2.30. The number of nitrogens with zero attached hydrogens (tertiary/aromatic N) is 2. The summed E-state index contributed by atoms with van der Waals surface area (Å²) in [7, 11) is 0. The summed E-state index contributed by atoms with van der Waals surface area (Å²) in [5.41, 5.74) is 6.03. The van der Waals surface area contributed by atoms with Crippen molar-refractivity contribution in [3.8, 4) is 33.8 Å². The molecule has 3 amide bonds. The van der Waals surface area contributed by atoms with Gasteiger partial charge in [-0.25, -0.2) is 0 Å². The molecule has 1 N–H and O–H groups in total. The lowest BCUT2D eigenvalue weighted by molar-refractivity contribution is -0.128. The van der Waals surface area contributed by atoms with Gasteiger partial charge in [-0.2, -0.15) is 0 Å². The molecule has 9 nitrogen and oxygen atoms in total. The van der Waals surface area contributed by atoms with Gasteiger partial charge in [-0.15, -0.1) is 0 Å². The highest BCUT2D eigenvalue weighted by molar-refractivity contribution is 5.94. The molecule has 54 heavy (non-hydrogen) atoms. The number of nitrogens with one attached hydrogen (secondary N) is 1. The molecule has 4 aromatic rings. The minimum Gasteiger partial charge on any atom is -0.490 e. The molecular formula is C45H49N3O6. The van der Waals surface area contributed by atoms with Gasteiger partial charge in [0.2, 0.25) is 17.7 Å². The second-order valence-corrected chi connectivity index (χ2v) is 13.5. The lowest BCUT2D eigenvalue weighted by Gasteiger charge is -2.31. The zero-order valence-corrected chi connectivity index (χ0v) is 31.2. The summed E-state index contributed by atoms with van der Waals surface area (Å²) in [6, 6.07) is 31.7. The molecule has 2 heterocycles. The average molecular weight is 728 g/mol. The van der Waals surface area contributed by atoms with Crippen LogP contribution in [0.4, 0.5) is 5.69 Å². The summed E-state index contributed by atoms with van der Waals surface area (Å²) in [4.78, 5) is 49.5. The molecule has 0 radical (unpaired) electrons. The van der Waals surface area contributed by atoms with E-state index in [1.54, 1.807) is 11.8 Å². The van der Waals surface area contributed by atoms with Crippen molar-refractivity contribution in [2.24, 2.45) is 0 Å². The molecular weight excluding hydrogens is 679 g/mol. The number of likely N-dealkylation sites (tertiary alicyclic amines) is 2. The summed E-state index contributed by atoms with van der Waals surface area (Å²) in [5, 5.41) is 2.86. The first kappa shape index (κ1) is 39.3. The van der Waals surface area contributed by atoms with Crippen molar-refractivity contribution in [3.05, 3.63) is 128 Å². The van der Waals surface area contributed by atoms with Crippen LogP contribution in [0.2, 0.25) is 0 Å². The monoisotopic (exact) mass is 727 g/mol. The van der Waals surface area contributed by atoms with Crippen molar-refractivity contribution in [1.82, 2.24) is 9.80 Å². The molecule has 2 aliphatic rings. The van der Waals surface area contributed by atoms with Crippen LogP contribution in [0.3, 0.4) is 0 Å². The first-order valence-electron chi connectivity index (χ1n) is 18.4. The Labute approximate surface area is 318 Å². The van der Waals surface area contributed by atoms with Crippen LogP contribution in [0.5, 0.6) is 11.5 Å². The molecule has 0 spiro atoms. The fraction of sp³-hybridized carbons (Fsp3) is 0.289. The fourth-order valence-electron chi connectivity index (χ4n) is 6.61. The number of Topliss-reactive ketones (excluding diaryl/α,β-unsaturated/α-hetero) is 1. The van der Waals surface area contributed by atoms with E-state index >= 15 is 0 Å². The third kappa shape index (κ3) is 11.3. The zero-order chi connectivity index (χ0) is 38.5. The Morgan fingerprint density at radius 3 is 1.48 bits per heavy atom. The van der Waals surface area contributed by atoms with Gasteiger partial charge in [0.15, 0.2) is 0 Å². The van der Waals surface area contributed by atoms with Gasteiger partial charge in [-0.1, -0.05) is 79.9 Å². The van der Waals surface area contributed by atoms with Crippen molar-refractivity contribution in [2.75, 3.05) is 31.5 Å². The van der Waals surface area contributed by atoms with Gasteiger partial charge >= 0.3 is 0 Å². The van der Waals surface area contributed by atoms with Gasteiger partial charge in [0.05, 0.1) is 0 Å². The average Bonchev–Trinajstić information content (AvgIpc) is 3.19. The number of piperidine rings is 2. The van der Waals surface area contributed by atoms with Crippen molar-refractivity contribution in [2.45, 2.75) is 58.2 Å². The molecule has 280 valence electrons. The molecule has 9 heteroatoms. The molecule has 6 rings (SSSR count). The maximum absolute atomic E-state index is 11.6. The number of hydrogen-bond acceptors (Lipinski definition) is 6. The Bertz CT molecular complexity index is 1900. The summed E-state index contributed by atoms with van der Waals surface area (Å²) >= 11 is 0. The molecule has 0 bridgehead atoms. The largest absolute Gasteiger partial charge is 0.490 e. The summed E-state index contributed by atoms with van der Waals surface area (Å²) in [6.45, 7) is 13.0. The van der Waals surface area contributed by atoms with Gasteiger partial charge < -0.3 is 24.6 Å². The Hall–Kier alpha value is -5.96. The Kier molecular flexibility index (Phi) is 14.0. The van der Waals surface area contributed by atoms with E-state index in [1.807, 2.05) is 102 Å².